The number of aryl methyl sites for hydroxylation is 1. The Kier molecular flexibility index (Phi) is 4.73. The SMILES string of the molecule is Cc1c(CN2CCO[C@@](C)(C(=O)NC3CCCC3)C2)cnn1C. The van der Waals surface area contributed by atoms with Crippen molar-refractivity contribution in [2.45, 2.75) is 57.7 Å². The van der Waals surface area contributed by atoms with E-state index in [4.69, 9.17) is 4.74 Å². The van der Waals surface area contributed by atoms with Crippen LogP contribution in [-0.4, -0.2) is 51.9 Å². The van der Waals surface area contributed by atoms with Crippen LogP contribution in [0.1, 0.15) is 43.9 Å². The number of carbonyl (C=O) groups is 1. The molecule has 2 fully saturated rings. The lowest BCUT2D eigenvalue weighted by atomic mass is 10.0. The summed E-state index contributed by atoms with van der Waals surface area (Å²) in [5, 5.41) is 7.48. The second kappa shape index (κ2) is 6.61. The number of nitrogens with zero attached hydrogens (tertiary/aromatic N) is 3. The molecule has 0 unspecified atom stereocenters. The monoisotopic (exact) mass is 320 g/mol. The predicted octanol–water partition coefficient (Wildman–Crippen LogP) is 1.38. The Morgan fingerprint density at radius 1 is 1.48 bits per heavy atom. The molecule has 1 aliphatic carbocycles. The van der Waals surface area contributed by atoms with Crippen molar-refractivity contribution in [3.63, 3.8) is 0 Å². The van der Waals surface area contributed by atoms with Gasteiger partial charge in [0.1, 0.15) is 0 Å². The summed E-state index contributed by atoms with van der Waals surface area (Å²) >= 11 is 0. The van der Waals surface area contributed by atoms with E-state index in [1.165, 1.54) is 24.1 Å². The zero-order valence-corrected chi connectivity index (χ0v) is 14.5. The summed E-state index contributed by atoms with van der Waals surface area (Å²) in [5.74, 6) is 0.0389. The zero-order chi connectivity index (χ0) is 16.4. The highest BCUT2D eigenvalue weighted by atomic mass is 16.5. The number of hydrogen-bond acceptors (Lipinski definition) is 4. The third-order valence-corrected chi connectivity index (χ3v) is 5.26. The molecule has 0 radical (unpaired) electrons. The van der Waals surface area contributed by atoms with Crippen molar-refractivity contribution in [2.24, 2.45) is 7.05 Å². The molecule has 23 heavy (non-hydrogen) atoms. The fourth-order valence-corrected chi connectivity index (χ4v) is 3.57. The lowest BCUT2D eigenvalue weighted by Crippen LogP contribution is -2.59. The molecule has 0 spiro atoms. The highest BCUT2D eigenvalue weighted by molar-refractivity contribution is 5.85. The van der Waals surface area contributed by atoms with Crippen molar-refractivity contribution in [3.8, 4) is 0 Å². The molecular formula is C17H28N4O2. The molecule has 128 valence electrons. The molecule has 0 bridgehead atoms. The van der Waals surface area contributed by atoms with Gasteiger partial charge in [-0.25, -0.2) is 0 Å². The van der Waals surface area contributed by atoms with Crippen LogP contribution in [-0.2, 0) is 23.1 Å². The molecular weight excluding hydrogens is 292 g/mol. The molecule has 1 N–H and O–H groups in total. The number of rotatable bonds is 4. The largest absolute Gasteiger partial charge is 0.363 e. The number of morpholine rings is 1. The molecule has 1 atom stereocenters. The maximum atomic E-state index is 12.7. The Hall–Kier alpha value is -1.40. The van der Waals surface area contributed by atoms with Crippen molar-refractivity contribution >= 4 is 5.91 Å². The third kappa shape index (κ3) is 3.58. The van der Waals surface area contributed by atoms with E-state index in [0.29, 0.717) is 19.2 Å². The van der Waals surface area contributed by atoms with Crippen LogP contribution in [0.2, 0.25) is 0 Å². The Morgan fingerprint density at radius 2 is 2.22 bits per heavy atom. The zero-order valence-electron chi connectivity index (χ0n) is 14.5. The van der Waals surface area contributed by atoms with Gasteiger partial charge in [0.05, 0.1) is 12.8 Å². The first-order valence-corrected chi connectivity index (χ1v) is 8.63. The van der Waals surface area contributed by atoms with E-state index in [1.807, 2.05) is 24.9 Å². The molecule has 1 saturated carbocycles. The second-order valence-electron chi connectivity index (χ2n) is 7.12. The van der Waals surface area contributed by atoms with E-state index in [-0.39, 0.29) is 5.91 Å². The molecule has 2 heterocycles. The quantitative estimate of drug-likeness (QED) is 0.910. The predicted molar refractivity (Wildman–Crippen MR) is 88.0 cm³/mol. The van der Waals surface area contributed by atoms with Gasteiger partial charge in [0, 0.05) is 44.0 Å². The molecule has 1 aliphatic heterocycles. The number of ether oxygens (including phenoxy) is 1. The molecule has 1 aromatic heterocycles. The Balaban J connectivity index is 1.62. The van der Waals surface area contributed by atoms with E-state index >= 15 is 0 Å². The lowest BCUT2D eigenvalue weighted by Gasteiger charge is -2.39. The van der Waals surface area contributed by atoms with Gasteiger partial charge in [0.25, 0.3) is 5.91 Å². The first kappa shape index (κ1) is 16.5. The molecule has 3 rings (SSSR count). The van der Waals surface area contributed by atoms with Crippen LogP contribution in [0.15, 0.2) is 6.20 Å². The van der Waals surface area contributed by atoms with Gasteiger partial charge in [-0.05, 0) is 26.7 Å². The number of carbonyl (C=O) groups excluding carboxylic acids is 1. The summed E-state index contributed by atoms with van der Waals surface area (Å²) in [6.45, 7) is 6.87. The summed E-state index contributed by atoms with van der Waals surface area (Å²) in [5.41, 5.74) is 1.64. The van der Waals surface area contributed by atoms with E-state index in [9.17, 15) is 4.79 Å². The standard InChI is InChI=1S/C17H28N4O2/c1-13-14(10-18-20(13)3)11-21-8-9-23-17(2,12-21)16(22)19-15-6-4-5-7-15/h10,15H,4-9,11-12H2,1-3H3,(H,19,22)/t17-/m1/s1. The van der Waals surface area contributed by atoms with Crippen LogP contribution in [0.25, 0.3) is 0 Å². The molecule has 6 heteroatoms. The van der Waals surface area contributed by atoms with Gasteiger partial charge in [0.15, 0.2) is 5.60 Å². The average Bonchev–Trinajstić information content (AvgIpc) is 3.13. The van der Waals surface area contributed by atoms with E-state index < -0.39 is 5.60 Å². The molecule has 1 amide bonds. The number of amides is 1. The Morgan fingerprint density at radius 3 is 2.87 bits per heavy atom. The number of aromatic nitrogens is 2. The van der Waals surface area contributed by atoms with Crippen LogP contribution < -0.4 is 5.32 Å². The molecule has 2 aliphatic rings. The highest BCUT2D eigenvalue weighted by Crippen LogP contribution is 2.23. The van der Waals surface area contributed by atoms with Gasteiger partial charge < -0.3 is 10.1 Å². The summed E-state index contributed by atoms with van der Waals surface area (Å²) < 4.78 is 7.76. The second-order valence-corrected chi connectivity index (χ2v) is 7.12. The fraction of sp³-hybridized carbons (Fsp3) is 0.765. The van der Waals surface area contributed by atoms with Crippen LogP contribution in [0.4, 0.5) is 0 Å². The van der Waals surface area contributed by atoms with E-state index in [0.717, 1.165) is 25.9 Å². The fourth-order valence-electron chi connectivity index (χ4n) is 3.57. The molecule has 1 aromatic rings. The third-order valence-electron chi connectivity index (χ3n) is 5.26. The maximum absolute atomic E-state index is 12.7. The topological polar surface area (TPSA) is 59.4 Å². The van der Waals surface area contributed by atoms with Crippen LogP contribution in [0.3, 0.4) is 0 Å². The van der Waals surface area contributed by atoms with Crippen molar-refractivity contribution < 1.29 is 9.53 Å². The van der Waals surface area contributed by atoms with Gasteiger partial charge in [-0.1, -0.05) is 12.8 Å². The summed E-state index contributed by atoms with van der Waals surface area (Å²) in [6.07, 6.45) is 6.55. The maximum Gasteiger partial charge on any atom is 0.253 e. The minimum atomic E-state index is -0.753. The van der Waals surface area contributed by atoms with E-state index in [1.54, 1.807) is 0 Å². The summed E-state index contributed by atoms with van der Waals surface area (Å²) in [7, 11) is 1.96. The number of nitrogens with one attached hydrogen (secondary N) is 1. The van der Waals surface area contributed by atoms with Crippen molar-refractivity contribution in [1.82, 2.24) is 20.0 Å². The minimum Gasteiger partial charge on any atom is -0.363 e. The van der Waals surface area contributed by atoms with Crippen LogP contribution in [0, 0.1) is 6.92 Å². The van der Waals surface area contributed by atoms with Gasteiger partial charge in [-0.2, -0.15) is 5.10 Å². The Labute approximate surface area is 138 Å². The van der Waals surface area contributed by atoms with Crippen molar-refractivity contribution in [3.05, 3.63) is 17.5 Å². The van der Waals surface area contributed by atoms with Crippen LogP contribution in [0.5, 0.6) is 0 Å². The van der Waals surface area contributed by atoms with Gasteiger partial charge in [0.2, 0.25) is 0 Å². The summed E-state index contributed by atoms with van der Waals surface area (Å²) in [4.78, 5) is 15.0. The van der Waals surface area contributed by atoms with E-state index in [2.05, 4.69) is 22.2 Å². The number of hydrogen-bond donors (Lipinski definition) is 1. The first-order valence-electron chi connectivity index (χ1n) is 8.63. The smallest absolute Gasteiger partial charge is 0.253 e. The highest BCUT2D eigenvalue weighted by Gasteiger charge is 2.40. The molecule has 1 saturated heterocycles. The average molecular weight is 320 g/mol. The molecule has 0 aromatic carbocycles. The van der Waals surface area contributed by atoms with Gasteiger partial charge in [-0.15, -0.1) is 0 Å². The first-order chi connectivity index (χ1) is 11.0. The van der Waals surface area contributed by atoms with Crippen molar-refractivity contribution in [2.75, 3.05) is 19.7 Å². The van der Waals surface area contributed by atoms with Crippen molar-refractivity contribution in [1.29, 1.82) is 0 Å². The normalized spacial score (nSPS) is 26.6. The lowest BCUT2D eigenvalue weighted by molar-refractivity contribution is -0.157. The van der Waals surface area contributed by atoms with Gasteiger partial charge in [-0.3, -0.25) is 14.4 Å². The molecule has 6 nitrogen and oxygen atoms in total. The Bertz CT molecular complexity index is 565. The van der Waals surface area contributed by atoms with Crippen LogP contribution >= 0.6 is 0 Å². The minimum absolute atomic E-state index is 0.0389. The summed E-state index contributed by atoms with van der Waals surface area (Å²) in [6, 6.07) is 0.332. The van der Waals surface area contributed by atoms with Gasteiger partial charge >= 0.3 is 0 Å².